The number of piperidine rings is 1. The van der Waals surface area contributed by atoms with Crippen molar-refractivity contribution in [2.24, 2.45) is 5.92 Å². The highest BCUT2D eigenvalue weighted by molar-refractivity contribution is 14.1. The summed E-state index contributed by atoms with van der Waals surface area (Å²) in [5, 5.41) is 4.28. The number of fused-ring (bicyclic) bond motifs is 1. The number of hydrogen-bond donors (Lipinski definition) is 1. The number of amides is 1. The molecule has 1 N–H and O–H groups in total. The Hall–Kier alpha value is -1.65. The van der Waals surface area contributed by atoms with Gasteiger partial charge in [0, 0.05) is 30.2 Å². The molecule has 3 rings (SSSR count). The van der Waals surface area contributed by atoms with Gasteiger partial charge in [-0.1, -0.05) is 13.0 Å². The number of carbonyl (C=O) groups is 1. The van der Waals surface area contributed by atoms with Gasteiger partial charge in [0.25, 0.3) is 0 Å². The number of anilines is 1. The maximum absolute atomic E-state index is 13.0. The van der Waals surface area contributed by atoms with E-state index < -0.39 is 18.3 Å². The Morgan fingerprint density at radius 3 is 2.60 bits per heavy atom. The molecule has 1 saturated heterocycles. The van der Waals surface area contributed by atoms with E-state index >= 15 is 0 Å². The quantitative estimate of drug-likeness (QED) is 0.499. The van der Waals surface area contributed by atoms with Gasteiger partial charge in [-0.2, -0.15) is 13.2 Å². The number of benzene rings is 1. The van der Waals surface area contributed by atoms with Gasteiger partial charge in [0.05, 0.1) is 9.22 Å². The molecule has 1 aliphatic heterocycles. The smallest absolute Gasteiger partial charge is 0.410 e. The van der Waals surface area contributed by atoms with Gasteiger partial charge in [-0.05, 0) is 73.9 Å². The predicted octanol–water partition coefficient (Wildman–Crippen LogP) is 5.87. The van der Waals surface area contributed by atoms with E-state index in [1.54, 1.807) is 23.1 Å². The molecule has 0 unspecified atom stereocenters. The lowest BCUT2D eigenvalue weighted by atomic mass is 9.93. The van der Waals surface area contributed by atoms with E-state index in [-0.39, 0.29) is 18.1 Å². The van der Waals surface area contributed by atoms with E-state index in [1.165, 1.54) is 4.57 Å². The molecule has 2 atom stereocenters. The fourth-order valence-electron chi connectivity index (χ4n) is 3.77. The first kappa shape index (κ1) is 23.0. The summed E-state index contributed by atoms with van der Waals surface area (Å²) < 4.78 is 46.2. The molecule has 0 radical (unpaired) electrons. The number of hydrogen-bond acceptors (Lipinski definition) is 3. The Labute approximate surface area is 188 Å². The molecule has 1 aromatic heterocycles. The third kappa shape index (κ3) is 5.53. The van der Waals surface area contributed by atoms with Crippen LogP contribution in [-0.4, -0.2) is 46.5 Å². The minimum atomic E-state index is -4.28. The van der Waals surface area contributed by atoms with E-state index in [1.807, 2.05) is 49.4 Å². The average Bonchev–Trinajstić information content (AvgIpc) is 2.90. The zero-order valence-electron chi connectivity index (χ0n) is 17.5. The predicted molar refractivity (Wildman–Crippen MR) is 120 cm³/mol. The van der Waals surface area contributed by atoms with Crippen molar-refractivity contribution in [2.75, 3.05) is 18.4 Å². The fourth-order valence-corrected chi connectivity index (χ4v) is 4.51. The molecule has 0 bridgehead atoms. The van der Waals surface area contributed by atoms with Crippen LogP contribution in [0.3, 0.4) is 0 Å². The standard InChI is InChI=1S/C21H27F3IN3O2/c1-13-11-27(19(29)30-20(2,3)4)9-8-15(13)26-16-6-5-7-17-14(16)10-18(25)28(17)12-21(22,23)24/h5-7,10,13,15,26H,8-9,11-12H2,1-4H3/t13-,15+/m1/s1. The SMILES string of the molecule is C[C@@H]1CN(C(=O)OC(C)(C)C)CC[C@@H]1Nc1cccc2c1cc(I)n2CC(F)(F)F. The molecule has 0 spiro atoms. The molecule has 0 saturated carbocycles. The molecule has 2 aromatic rings. The van der Waals surface area contributed by atoms with Crippen molar-refractivity contribution >= 4 is 45.3 Å². The molecule has 1 amide bonds. The van der Waals surface area contributed by atoms with Gasteiger partial charge in [-0.3, -0.25) is 0 Å². The molecule has 30 heavy (non-hydrogen) atoms. The summed E-state index contributed by atoms with van der Waals surface area (Å²) >= 11 is 1.94. The van der Waals surface area contributed by atoms with Gasteiger partial charge in [0.15, 0.2) is 0 Å². The second-order valence-electron chi connectivity index (χ2n) is 8.85. The second kappa shape index (κ2) is 8.47. The second-order valence-corrected chi connectivity index (χ2v) is 9.96. The van der Waals surface area contributed by atoms with Gasteiger partial charge >= 0.3 is 12.3 Å². The summed E-state index contributed by atoms with van der Waals surface area (Å²) in [4.78, 5) is 14.1. The molecule has 1 aliphatic rings. The van der Waals surface area contributed by atoms with Crippen LogP contribution in [0.25, 0.3) is 10.9 Å². The molecule has 5 nitrogen and oxygen atoms in total. The van der Waals surface area contributed by atoms with Crippen LogP contribution < -0.4 is 5.32 Å². The minimum Gasteiger partial charge on any atom is -0.444 e. The third-order valence-electron chi connectivity index (χ3n) is 5.13. The Morgan fingerprint density at radius 2 is 2.00 bits per heavy atom. The summed E-state index contributed by atoms with van der Waals surface area (Å²) in [6, 6.07) is 7.27. The van der Waals surface area contributed by atoms with Crippen LogP contribution in [0, 0.1) is 9.62 Å². The average molecular weight is 537 g/mol. The molecule has 2 heterocycles. The number of nitrogens with zero attached hydrogens (tertiary/aromatic N) is 2. The van der Waals surface area contributed by atoms with Gasteiger partial charge in [-0.25, -0.2) is 4.79 Å². The lowest BCUT2D eigenvalue weighted by molar-refractivity contribution is -0.140. The molecule has 9 heteroatoms. The first-order valence-electron chi connectivity index (χ1n) is 9.93. The Bertz CT molecular complexity index is 921. The molecule has 0 aliphatic carbocycles. The van der Waals surface area contributed by atoms with Crippen LogP contribution >= 0.6 is 22.6 Å². The highest BCUT2D eigenvalue weighted by Crippen LogP contribution is 2.32. The third-order valence-corrected chi connectivity index (χ3v) is 6.02. The molecule has 1 aromatic carbocycles. The number of likely N-dealkylation sites (tertiary alicyclic amines) is 1. The van der Waals surface area contributed by atoms with Crippen LogP contribution in [0.5, 0.6) is 0 Å². The zero-order valence-corrected chi connectivity index (χ0v) is 19.7. The maximum Gasteiger partial charge on any atom is 0.410 e. The van der Waals surface area contributed by atoms with E-state index in [0.717, 1.165) is 17.5 Å². The lowest BCUT2D eigenvalue weighted by Gasteiger charge is -2.38. The van der Waals surface area contributed by atoms with Crippen LogP contribution in [0.4, 0.5) is 23.7 Å². The summed E-state index contributed by atoms with van der Waals surface area (Å²) in [6.45, 7) is 7.71. The highest BCUT2D eigenvalue weighted by Gasteiger charge is 2.32. The number of halogens is 4. The minimum absolute atomic E-state index is 0.109. The topological polar surface area (TPSA) is 46.5 Å². The summed E-state index contributed by atoms with van der Waals surface area (Å²) in [6.07, 6.45) is -3.86. The van der Waals surface area contributed by atoms with E-state index in [9.17, 15) is 18.0 Å². The van der Waals surface area contributed by atoms with Crippen molar-refractivity contribution in [1.82, 2.24) is 9.47 Å². The van der Waals surface area contributed by atoms with Crippen LogP contribution in [0.2, 0.25) is 0 Å². The lowest BCUT2D eigenvalue weighted by Crippen LogP contribution is -2.49. The largest absolute Gasteiger partial charge is 0.444 e. The number of nitrogens with one attached hydrogen (secondary N) is 1. The first-order chi connectivity index (χ1) is 13.8. The van der Waals surface area contributed by atoms with Gasteiger partial charge in [-0.15, -0.1) is 0 Å². The molecule has 166 valence electrons. The van der Waals surface area contributed by atoms with Crippen molar-refractivity contribution in [3.8, 4) is 0 Å². The number of alkyl halides is 3. The summed E-state index contributed by atoms with van der Waals surface area (Å²) in [7, 11) is 0. The van der Waals surface area contributed by atoms with E-state index in [0.29, 0.717) is 22.3 Å². The Morgan fingerprint density at radius 1 is 1.30 bits per heavy atom. The number of carbonyl (C=O) groups excluding carboxylic acids is 1. The van der Waals surface area contributed by atoms with Gasteiger partial charge in [0.2, 0.25) is 0 Å². The van der Waals surface area contributed by atoms with Gasteiger partial charge < -0.3 is 19.5 Å². The van der Waals surface area contributed by atoms with Crippen LogP contribution in [0.15, 0.2) is 24.3 Å². The van der Waals surface area contributed by atoms with Crippen molar-refractivity contribution in [3.05, 3.63) is 28.0 Å². The number of rotatable bonds is 3. The summed E-state index contributed by atoms with van der Waals surface area (Å²) in [5.74, 6) is 0.165. The van der Waals surface area contributed by atoms with Crippen molar-refractivity contribution in [2.45, 2.75) is 58.5 Å². The number of aromatic nitrogens is 1. The Kier molecular flexibility index (Phi) is 6.50. The van der Waals surface area contributed by atoms with Crippen LogP contribution in [0.1, 0.15) is 34.1 Å². The Balaban J connectivity index is 1.74. The normalized spacial score (nSPS) is 20.5. The first-order valence-corrected chi connectivity index (χ1v) is 11.0. The highest BCUT2D eigenvalue weighted by atomic mass is 127. The van der Waals surface area contributed by atoms with Crippen molar-refractivity contribution in [3.63, 3.8) is 0 Å². The van der Waals surface area contributed by atoms with Crippen molar-refractivity contribution < 1.29 is 22.7 Å². The van der Waals surface area contributed by atoms with Gasteiger partial charge in [0.1, 0.15) is 12.1 Å². The number of ether oxygens (including phenoxy) is 1. The molecular weight excluding hydrogens is 510 g/mol. The zero-order chi connectivity index (χ0) is 22.3. The van der Waals surface area contributed by atoms with Crippen LogP contribution in [-0.2, 0) is 11.3 Å². The monoisotopic (exact) mass is 537 g/mol. The molecular formula is C21H27F3IN3O2. The fraction of sp³-hybridized carbons (Fsp3) is 0.571. The van der Waals surface area contributed by atoms with Crippen molar-refractivity contribution in [1.29, 1.82) is 0 Å². The summed E-state index contributed by atoms with van der Waals surface area (Å²) in [5.41, 5.74) is 0.834. The molecule has 1 fully saturated rings. The maximum atomic E-state index is 13.0. The van der Waals surface area contributed by atoms with E-state index in [4.69, 9.17) is 4.74 Å². The van der Waals surface area contributed by atoms with E-state index in [2.05, 4.69) is 12.2 Å².